The Morgan fingerprint density at radius 3 is 1.94 bits per heavy atom. The number of hydrogen-bond donors (Lipinski definition) is 0. The van der Waals surface area contributed by atoms with Crippen molar-refractivity contribution in [2.75, 3.05) is 5.75 Å². The van der Waals surface area contributed by atoms with Gasteiger partial charge in [-0.1, -0.05) is 82.6 Å². The molecule has 0 heterocycles. The van der Waals surface area contributed by atoms with Gasteiger partial charge in [-0.3, -0.25) is 0 Å². The van der Waals surface area contributed by atoms with E-state index in [1.54, 1.807) is 19.1 Å². The van der Waals surface area contributed by atoms with Crippen LogP contribution < -0.4 is 0 Å². The molecule has 0 radical (unpaired) electrons. The number of carbonyl (C=O) groups is 1. The first-order chi connectivity index (χ1) is 15.1. The van der Waals surface area contributed by atoms with Gasteiger partial charge in [0.15, 0.2) is 6.10 Å². The second-order valence-electron chi connectivity index (χ2n) is 7.96. The lowest BCUT2D eigenvalue weighted by Gasteiger charge is -2.08. The summed E-state index contributed by atoms with van der Waals surface area (Å²) in [5.74, 6) is 0.705. The molecule has 3 nitrogen and oxygen atoms in total. The summed E-state index contributed by atoms with van der Waals surface area (Å²) in [5, 5.41) is 8.75. The standard InChI is InChI=1S/C27H35NO2S/c1-3-4-5-6-7-8-9-10-11-20-31-26-18-16-24(17-19-26)23-12-14-25(15-13-23)27(29)30-22(2)21-28/h12-19,22H,3-11,20H2,1-2H3/t22-/m1/s1. The van der Waals surface area contributed by atoms with Gasteiger partial charge < -0.3 is 4.74 Å². The van der Waals surface area contributed by atoms with E-state index < -0.39 is 12.1 Å². The average Bonchev–Trinajstić information content (AvgIpc) is 2.80. The molecule has 0 amide bonds. The van der Waals surface area contributed by atoms with Gasteiger partial charge in [0, 0.05) is 4.90 Å². The Bertz CT molecular complexity index is 809. The summed E-state index contributed by atoms with van der Waals surface area (Å²) in [6, 6.07) is 17.8. The number of thioether (sulfide) groups is 1. The van der Waals surface area contributed by atoms with E-state index in [4.69, 9.17) is 10.00 Å². The van der Waals surface area contributed by atoms with Crippen LogP contribution in [0.3, 0.4) is 0 Å². The van der Waals surface area contributed by atoms with Gasteiger partial charge in [0.25, 0.3) is 0 Å². The number of rotatable bonds is 14. The van der Waals surface area contributed by atoms with Gasteiger partial charge in [-0.05, 0) is 54.5 Å². The molecule has 0 aliphatic rings. The molecule has 0 aliphatic carbocycles. The third-order valence-electron chi connectivity index (χ3n) is 5.29. The van der Waals surface area contributed by atoms with Crippen LogP contribution in [0.25, 0.3) is 11.1 Å². The fourth-order valence-corrected chi connectivity index (χ4v) is 4.31. The third-order valence-corrected chi connectivity index (χ3v) is 6.39. The highest BCUT2D eigenvalue weighted by molar-refractivity contribution is 7.99. The third kappa shape index (κ3) is 9.61. The molecule has 0 aliphatic heterocycles. The van der Waals surface area contributed by atoms with E-state index in [2.05, 4.69) is 31.2 Å². The van der Waals surface area contributed by atoms with Crippen molar-refractivity contribution >= 4 is 17.7 Å². The Hall–Kier alpha value is -2.25. The fraction of sp³-hybridized carbons (Fsp3) is 0.481. The lowest BCUT2D eigenvalue weighted by Crippen LogP contribution is -2.12. The number of nitriles is 1. The largest absolute Gasteiger partial charge is 0.444 e. The molecule has 2 rings (SSSR count). The quantitative estimate of drug-likeness (QED) is 0.170. The van der Waals surface area contributed by atoms with Crippen LogP contribution in [0.1, 0.15) is 82.0 Å². The number of unbranched alkanes of at least 4 members (excludes halogenated alkanes) is 8. The molecule has 0 unspecified atom stereocenters. The van der Waals surface area contributed by atoms with Crippen molar-refractivity contribution in [2.24, 2.45) is 0 Å². The van der Waals surface area contributed by atoms with Crippen molar-refractivity contribution in [3.8, 4) is 17.2 Å². The lowest BCUT2D eigenvalue weighted by molar-refractivity contribution is 0.0435. The maximum Gasteiger partial charge on any atom is 0.339 e. The van der Waals surface area contributed by atoms with E-state index in [0.717, 1.165) is 11.1 Å². The van der Waals surface area contributed by atoms with Gasteiger partial charge in [-0.25, -0.2) is 4.79 Å². The molecule has 1 atom stereocenters. The van der Waals surface area contributed by atoms with Crippen molar-refractivity contribution in [1.82, 2.24) is 0 Å². The smallest absolute Gasteiger partial charge is 0.339 e. The monoisotopic (exact) mass is 437 g/mol. The Labute approximate surface area is 192 Å². The van der Waals surface area contributed by atoms with Gasteiger partial charge in [0.1, 0.15) is 6.07 Å². The van der Waals surface area contributed by atoms with Crippen molar-refractivity contribution in [1.29, 1.82) is 5.26 Å². The highest BCUT2D eigenvalue weighted by Gasteiger charge is 2.11. The molecule has 31 heavy (non-hydrogen) atoms. The highest BCUT2D eigenvalue weighted by atomic mass is 32.2. The van der Waals surface area contributed by atoms with Crippen LogP contribution >= 0.6 is 11.8 Å². The Kier molecular flexibility index (Phi) is 11.9. The van der Waals surface area contributed by atoms with E-state index in [9.17, 15) is 4.79 Å². The van der Waals surface area contributed by atoms with Gasteiger partial charge >= 0.3 is 5.97 Å². The molecular formula is C27H35NO2S. The number of nitrogens with zero attached hydrogens (tertiary/aromatic N) is 1. The van der Waals surface area contributed by atoms with E-state index in [1.807, 2.05) is 30.0 Å². The zero-order valence-electron chi connectivity index (χ0n) is 18.9. The molecule has 0 saturated carbocycles. The first-order valence-electron chi connectivity index (χ1n) is 11.6. The summed E-state index contributed by atoms with van der Waals surface area (Å²) < 4.78 is 5.03. The van der Waals surface area contributed by atoms with Crippen LogP contribution in [-0.2, 0) is 4.74 Å². The molecular weight excluding hydrogens is 402 g/mol. The van der Waals surface area contributed by atoms with E-state index in [1.165, 1.54) is 68.4 Å². The SMILES string of the molecule is CCCCCCCCCCCSc1ccc(-c2ccc(C(=O)O[C@H](C)C#N)cc2)cc1. The summed E-state index contributed by atoms with van der Waals surface area (Å²) in [5.41, 5.74) is 2.64. The summed E-state index contributed by atoms with van der Waals surface area (Å²) in [7, 11) is 0. The summed E-state index contributed by atoms with van der Waals surface area (Å²) in [6.07, 6.45) is 11.5. The zero-order valence-corrected chi connectivity index (χ0v) is 19.8. The van der Waals surface area contributed by atoms with Gasteiger partial charge in [0.2, 0.25) is 0 Å². The number of esters is 1. The minimum atomic E-state index is -0.743. The van der Waals surface area contributed by atoms with Crippen molar-refractivity contribution in [2.45, 2.75) is 82.6 Å². The van der Waals surface area contributed by atoms with E-state index in [0.29, 0.717) is 5.56 Å². The average molecular weight is 438 g/mol. The summed E-state index contributed by atoms with van der Waals surface area (Å²) >= 11 is 1.93. The van der Waals surface area contributed by atoms with E-state index >= 15 is 0 Å². The molecule has 0 bridgehead atoms. The fourth-order valence-electron chi connectivity index (χ4n) is 3.40. The molecule has 0 spiro atoms. The molecule has 2 aromatic rings. The Morgan fingerprint density at radius 1 is 0.871 bits per heavy atom. The van der Waals surface area contributed by atoms with Crippen LogP contribution in [0, 0.1) is 11.3 Å². The summed E-state index contributed by atoms with van der Waals surface area (Å²) in [6.45, 7) is 3.82. The number of hydrogen-bond acceptors (Lipinski definition) is 4. The predicted molar refractivity (Wildman–Crippen MR) is 130 cm³/mol. The topological polar surface area (TPSA) is 50.1 Å². The van der Waals surface area contributed by atoms with Crippen molar-refractivity contribution < 1.29 is 9.53 Å². The van der Waals surface area contributed by atoms with Crippen LogP contribution in [-0.4, -0.2) is 17.8 Å². The predicted octanol–water partition coefficient (Wildman–Crippen LogP) is 8.05. The van der Waals surface area contributed by atoms with Crippen LogP contribution in [0.2, 0.25) is 0 Å². The van der Waals surface area contributed by atoms with Crippen molar-refractivity contribution in [3.63, 3.8) is 0 Å². The highest BCUT2D eigenvalue weighted by Crippen LogP contribution is 2.25. The molecule has 0 saturated heterocycles. The number of carbonyl (C=O) groups excluding carboxylic acids is 1. The Balaban J connectivity index is 1.69. The molecule has 0 aromatic heterocycles. The number of benzene rings is 2. The van der Waals surface area contributed by atoms with Gasteiger partial charge in [0.05, 0.1) is 5.56 Å². The molecule has 0 N–H and O–H groups in total. The Morgan fingerprint density at radius 2 is 1.39 bits per heavy atom. The summed E-state index contributed by atoms with van der Waals surface area (Å²) in [4.78, 5) is 13.3. The zero-order chi connectivity index (χ0) is 22.3. The minimum absolute atomic E-state index is 0.457. The minimum Gasteiger partial charge on any atom is -0.444 e. The maximum absolute atomic E-state index is 12.0. The number of ether oxygens (including phenoxy) is 1. The van der Waals surface area contributed by atoms with Crippen LogP contribution in [0.5, 0.6) is 0 Å². The van der Waals surface area contributed by atoms with Gasteiger partial charge in [-0.15, -0.1) is 11.8 Å². The second-order valence-corrected chi connectivity index (χ2v) is 9.12. The molecule has 2 aromatic carbocycles. The maximum atomic E-state index is 12.0. The molecule has 166 valence electrons. The lowest BCUT2D eigenvalue weighted by atomic mass is 10.0. The van der Waals surface area contributed by atoms with Crippen molar-refractivity contribution in [3.05, 3.63) is 54.1 Å². The molecule has 4 heteroatoms. The first-order valence-corrected chi connectivity index (χ1v) is 12.6. The molecule has 0 fully saturated rings. The first kappa shape index (κ1) is 25.0. The normalized spacial score (nSPS) is 11.6. The van der Waals surface area contributed by atoms with E-state index in [-0.39, 0.29) is 0 Å². The van der Waals surface area contributed by atoms with Crippen LogP contribution in [0.4, 0.5) is 0 Å². The van der Waals surface area contributed by atoms with Gasteiger partial charge in [-0.2, -0.15) is 5.26 Å². The second kappa shape index (κ2) is 14.7. The van der Waals surface area contributed by atoms with Crippen LogP contribution in [0.15, 0.2) is 53.4 Å².